The summed E-state index contributed by atoms with van der Waals surface area (Å²) in [6.45, 7) is 6.84. The fourth-order valence-electron chi connectivity index (χ4n) is 4.55. The zero-order valence-electron chi connectivity index (χ0n) is 12.7. The molecule has 0 aromatic heterocycles. The van der Waals surface area contributed by atoms with Gasteiger partial charge in [0.25, 0.3) is 0 Å². The molecule has 0 N–H and O–H groups in total. The van der Waals surface area contributed by atoms with E-state index < -0.39 is 0 Å². The van der Waals surface area contributed by atoms with Gasteiger partial charge in [-0.05, 0) is 64.2 Å². The Labute approximate surface area is 119 Å². The van der Waals surface area contributed by atoms with E-state index in [2.05, 4.69) is 9.80 Å². The van der Waals surface area contributed by atoms with Crippen LogP contribution >= 0.6 is 0 Å². The molecule has 3 aliphatic rings. The van der Waals surface area contributed by atoms with Gasteiger partial charge in [0.1, 0.15) is 0 Å². The smallest absolute Gasteiger partial charge is 0.0223 e. The van der Waals surface area contributed by atoms with Crippen molar-refractivity contribution in [2.45, 2.75) is 70.3 Å². The first-order valence-corrected chi connectivity index (χ1v) is 8.88. The van der Waals surface area contributed by atoms with Gasteiger partial charge in [0.2, 0.25) is 0 Å². The fraction of sp³-hybridized carbons (Fsp3) is 1.00. The highest BCUT2D eigenvalue weighted by atomic mass is 15.2. The standard InChI is InChI=1S/C17H32N2/c1-2-8-16(7-1)9-5-11-18-12-6-14-19-13-4-3-10-17(19)15-18/h16-17H,1-15H2. The number of nitrogens with zero attached hydrogens (tertiary/aromatic N) is 2. The van der Waals surface area contributed by atoms with Crippen LogP contribution in [0.1, 0.15) is 64.2 Å². The molecule has 0 radical (unpaired) electrons. The van der Waals surface area contributed by atoms with Crippen molar-refractivity contribution in [3.05, 3.63) is 0 Å². The summed E-state index contributed by atoms with van der Waals surface area (Å²) < 4.78 is 0. The number of hydrogen-bond donors (Lipinski definition) is 0. The topological polar surface area (TPSA) is 6.48 Å². The second-order valence-corrected chi connectivity index (χ2v) is 7.13. The van der Waals surface area contributed by atoms with Crippen LogP contribution in [0, 0.1) is 5.92 Å². The van der Waals surface area contributed by atoms with Gasteiger partial charge in [0.05, 0.1) is 0 Å². The molecule has 0 aromatic carbocycles. The normalized spacial score (nSPS) is 31.3. The third-order valence-corrected chi connectivity index (χ3v) is 5.70. The van der Waals surface area contributed by atoms with Crippen molar-refractivity contribution in [2.75, 3.05) is 32.7 Å². The van der Waals surface area contributed by atoms with Crippen molar-refractivity contribution in [3.63, 3.8) is 0 Å². The van der Waals surface area contributed by atoms with E-state index in [4.69, 9.17) is 0 Å². The summed E-state index contributed by atoms with van der Waals surface area (Å²) in [7, 11) is 0. The molecule has 0 bridgehead atoms. The van der Waals surface area contributed by atoms with Crippen LogP contribution in [0.15, 0.2) is 0 Å². The molecule has 2 heterocycles. The predicted octanol–water partition coefficient (Wildman–Crippen LogP) is 3.52. The van der Waals surface area contributed by atoms with Crippen molar-refractivity contribution >= 4 is 0 Å². The van der Waals surface area contributed by atoms with Crippen LogP contribution in [0.25, 0.3) is 0 Å². The van der Waals surface area contributed by atoms with Crippen LogP contribution in [0.3, 0.4) is 0 Å². The van der Waals surface area contributed by atoms with Crippen LogP contribution < -0.4 is 0 Å². The predicted molar refractivity (Wildman–Crippen MR) is 81.5 cm³/mol. The lowest BCUT2D eigenvalue weighted by atomic mass is 10.0. The Bertz CT molecular complexity index is 260. The molecule has 1 atom stereocenters. The van der Waals surface area contributed by atoms with Gasteiger partial charge in [-0.25, -0.2) is 0 Å². The van der Waals surface area contributed by atoms with Crippen molar-refractivity contribution in [1.29, 1.82) is 0 Å². The van der Waals surface area contributed by atoms with Gasteiger partial charge in [0, 0.05) is 12.6 Å². The van der Waals surface area contributed by atoms with Crippen LogP contribution in [-0.4, -0.2) is 48.6 Å². The van der Waals surface area contributed by atoms with E-state index in [1.165, 1.54) is 96.9 Å². The Morgan fingerprint density at radius 1 is 0.789 bits per heavy atom. The summed E-state index contributed by atoms with van der Waals surface area (Å²) >= 11 is 0. The maximum atomic E-state index is 2.78. The molecule has 1 unspecified atom stereocenters. The first-order valence-electron chi connectivity index (χ1n) is 8.88. The molecular formula is C17H32N2. The maximum absolute atomic E-state index is 2.78. The van der Waals surface area contributed by atoms with Gasteiger partial charge in [-0.2, -0.15) is 0 Å². The zero-order chi connectivity index (χ0) is 12.9. The lowest BCUT2D eigenvalue weighted by Crippen LogP contribution is -2.44. The highest BCUT2D eigenvalue weighted by Gasteiger charge is 2.26. The molecule has 0 amide bonds. The molecule has 2 saturated heterocycles. The van der Waals surface area contributed by atoms with Crippen LogP contribution in [-0.2, 0) is 0 Å². The molecule has 1 aliphatic carbocycles. The lowest BCUT2D eigenvalue weighted by Gasteiger charge is -2.35. The van der Waals surface area contributed by atoms with Crippen LogP contribution in [0.2, 0.25) is 0 Å². The molecule has 2 nitrogen and oxygen atoms in total. The van der Waals surface area contributed by atoms with Gasteiger partial charge in [-0.3, -0.25) is 4.90 Å². The van der Waals surface area contributed by atoms with Gasteiger partial charge in [0.15, 0.2) is 0 Å². The highest BCUT2D eigenvalue weighted by Crippen LogP contribution is 2.28. The van der Waals surface area contributed by atoms with E-state index in [1.54, 1.807) is 0 Å². The minimum atomic E-state index is 0.891. The Morgan fingerprint density at radius 2 is 1.58 bits per heavy atom. The molecule has 3 rings (SSSR count). The Morgan fingerprint density at radius 3 is 2.47 bits per heavy atom. The zero-order valence-corrected chi connectivity index (χ0v) is 12.7. The van der Waals surface area contributed by atoms with E-state index >= 15 is 0 Å². The van der Waals surface area contributed by atoms with Crippen molar-refractivity contribution in [2.24, 2.45) is 5.92 Å². The Balaban J connectivity index is 1.40. The Kier molecular flexibility index (Phi) is 5.17. The molecule has 110 valence electrons. The van der Waals surface area contributed by atoms with Gasteiger partial charge < -0.3 is 4.90 Å². The minimum absolute atomic E-state index is 0.891. The second-order valence-electron chi connectivity index (χ2n) is 7.13. The molecular weight excluding hydrogens is 232 g/mol. The minimum Gasteiger partial charge on any atom is -0.302 e. The van der Waals surface area contributed by atoms with Crippen LogP contribution in [0.4, 0.5) is 0 Å². The number of fused-ring (bicyclic) bond motifs is 1. The van der Waals surface area contributed by atoms with Crippen molar-refractivity contribution < 1.29 is 0 Å². The molecule has 2 aliphatic heterocycles. The lowest BCUT2D eigenvalue weighted by molar-refractivity contribution is 0.135. The van der Waals surface area contributed by atoms with Crippen molar-refractivity contribution in [1.82, 2.24) is 9.80 Å². The van der Waals surface area contributed by atoms with E-state index in [0.717, 1.165) is 12.0 Å². The molecule has 0 aromatic rings. The third-order valence-electron chi connectivity index (χ3n) is 5.70. The largest absolute Gasteiger partial charge is 0.302 e. The SMILES string of the molecule is C1CCC(CCCN2CCCN3CCCCC3C2)C1. The first-order chi connectivity index (χ1) is 9.42. The number of piperidine rings is 1. The summed E-state index contributed by atoms with van der Waals surface area (Å²) in [4.78, 5) is 5.56. The first kappa shape index (κ1) is 13.9. The monoisotopic (exact) mass is 264 g/mol. The van der Waals surface area contributed by atoms with Gasteiger partial charge >= 0.3 is 0 Å². The number of hydrogen-bond acceptors (Lipinski definition) is 2. The summed E-state index contributed by atoms with van der Waals surface area (Å²) in [6, 6.07) is 0.891. The summed E-state index contributed by atoms with van der Waals surface area (Å²) in [5.74, 6) is 1.08. The fourth-order valence-corrected chi connectivity index (χ4v) is 4.55. The van der Waals surface area contributed by atoms with E-state index in [-0.39, 0.29) is 0 Å². The van der Waals surface area contributed by atoms with E-state index in [9.17, 15) is 0 Å². The second kappa shape index (κ2) is 7.08. The highest BCUT2D eigenvalue weighted by molar-refractivity contribution is 4.83. The average molecular weight is 264 g/mol. The average Bonchev–Trinajstić information content (AvgIpc) is 2.85. The summed E-state index contributed by atoms with van der Waals surface area (Å²) in [5.41, 5.74) is 0. The maximum Gasteiger partial charge on any atom is 0.0223 e. The molecule has 0 spiro atoms. The van der Waals surface area contributed by atoms with E-state index in [0.29, 0.717) is 0 Å². The quantitative estimate of drug-likeness (QED) is 0.766. The molecule has 3 fully saturated rings. The molecule has 2 heteroatoms. The van der Waals surface area contributed by atoms with E-state index in [1.807, 2.05) is 0 Å². The summed E-state index contributed by atoms with van der Waals surface area (Å²) in [5, 5.41) is 0. The summed E-state index contributed by atoms with van der Waals surface area (Å²) in [6.07, 6.45) is 14.8. The Hall–Kier alpha value is -0.0800. The number of rotatable bonds is 4. The molecule has 19 heavy (non-hydrogen) atoms. The van der Waals surface area contributed by atoms with Crippen molar-refractivity contribution in [3.8, 4) is 0 Å². The third kappa shape index (κ3) is 3.95. The van der Waals surface area contributed by atoms with Crippen LogP contribution in [0.5, 0.6) is 0 Å². The van der Waals surface area contributed by atoms with Gasteiger partial charge in [-0.1, -0.05) is 32.1 Å². The molecule has 1 saturated carbocycles. The van der Waals surface area contributed by atoms with Gasteiger partial charge in [-0.15, -0.1) is 0 Å².